The van der Waals surface area contributed by atoms with Gasteiger partial charge in [-0.25, -0.2) is 0 Å². The molecule has 0 saturated carbocycles. The van der Waals surface area contributed by atoms with Crippen molar-refractivity contribution in [1.82, 2.24) is 4.90 Å². The van der Waals surface area contributed by atoms with Gasteiger partial charge in [0.1, 0.15) is 18.5 Å². The van der Waals surface area contributed by atoms with Gasteiger partial charge in [-0.05, 0) is 49.9 Å². The van der Waals surface area contributed by atoms with Crippen molar-refractivity contribution >= 4 is 11.6 Å². The Balaban J connectivity index is 2.47. The number of carbonyl (C=O) groups excluding carboxylic acids is 1. The fourth-order valence-electron chi connectivity index (χ4n) is 1.81. The van der Waals surface area contributed by atoms with Crippen LogP contribution in [0.1, 0.15) is 20.8 Å². The summed E-state index contributed by atoms with van der Waals surface area (Å²) in [5.41, 5.74) is 0.678. The van der Waals surface area contributed by atoms with Crippen LogP contribution in [0.3, 0.4) is 0 Å². The van der Waals surface area contributed by atoms with Crippen molar-refractivity contribution in [2.24, 2.45) is 5.41 Å². The third-order valence-corrected chi connectivity index (χ3v) is 2.87. The van der Waals surface area contributed by atoms with Gasteiger partial charge in [-0.15, -0.1) is 0 Å². The summed E-state index contributed by atoms with van der Waals surface area (Å²) in [6.45, 7) is 6.89. The number of hydrogen-bond donors (Lipinski definition) is 2. The number of nitrogens with one attached hydrogen (secondary N) is 1. The van der Waals surface area contributed by atoms with E-state index in [2.05, 4.69) is 5.32 Å². The molecule has 0 aliphatic rings. The normalized spacial score (nSPS) is 13.3. The molecule has 0 radical (unpaired) electrons. The van der Waals surface area contributed by atoms with Gasteiger partial charge in [0, 0.05) is 12.2 Å². The molecule has 0 saturated heterocycles. The molecule has 23 heavy (non-hydrogen) atoms. The van der Waals surface area contributed by atoms with E-state index in [4.69, 9.17) is 4.74 Å². The monoisotopic (exact) mass is 320 g/mol. The molecule has 1 unspecified atom stereocenters. The van der Waals surface area contributed by atoms with Crippen LogP contribution in [0.25, 0.3) is 0 Å². The van der Waals surface area contributed by atoms with E-state index in [1.807, 2.05) is 45.8 Å². The number of aliphatic hydroxyl groups is 1. The molecule has 128 valence electrons. The maximum absolute atomic E-state index is 11.8. The van der Waals surface area contributed by atoms with E-state index < -0.39 is 6.10 Å². The van der Waals surface area contributed by atoms with Crippen molar-refractivity contribution in [1.29, 1.82) is 0 Å². The standard InChI is InChI=1S/C18H28N2O3/c1-18(2,3)11-10-17(22)19-14-6-8-16(9-7-14)23-13-15(21)12-20(4)5/h6-11,15,21H,12-13H2,1-5H3,(H,19,22)/b11-10+. The summed E-state index contributed by atoms with van der Waals surface area (Å²) in [4.78, 5) is 13.7. The van der Waals surface area contributed by atoms with Gasteiger partial charge in [0.05, 0.1) is 0 Å². The number of benzene rings is 1. The Morgan fingerprint density at radius 1 is 1.30 bits per heavy atom. The smallest absolute Gasteiger partial charge is 0.248 e. The van der Waals surface area contributed by atoms with Crippen LogP contribution in [-0.2, 0) is 4.79 Å². The van der Waals surface area contributed by atoms with Crippen LogP contribution in [0.5, 0.6) is 5.75 Å². The molecule has 0 heterocycles. The Hall–Kier alpha value is -1.85. The lowest BCUT2D eigenvalue weighted by atomic mass is 9.96. The zero-order chi connectivity index (χ0) is 17.5. The van der Waals surface area contributed by atoms with Gasteiger partial charge in [-0.2, -0.15) is 0 Å². The molecular formula is C18H28N2O3. The van der Waals surface area contributed by atoms with Crippen molar-refractivity contribution < 1.29 is 14.6 Å². The Kier molecular flexibility index (Phi) is 7.26. The number of rotatable bonds is 7. The van der Waals surface area contributed by atoms with Crippen LogP contribution in [0.4, 0.5) is 5.69 Å². The molecule has 0 bridgehead atoms. The zero-order valence-electron chi connectivity index (χ0n) is 14.7. The molecule has 0 fully saturated rings. The number of hydrogen-bond acceptors (Lipinski definition) is 4. The third kappa shape index (κ3) is 9.01. The quantitative estimate of drug-likeness (QED) is 0.758. The van der Waals surface area contributed by atoms with Crippen molar-refractivity contribution in [2.75, 3.05) is 32.6 Å². The van der Waals surface area contributed by atoms with Crippen molar-refractivity contribution in [2.45, 2.75) is 26.9 Å². The minimum Gasteiger partial charge on any atom is -0.491 e. The number of carbonyl (C=O) groups is 1. The average molecular weight is 320 g/mol. The minimum absolute atomic E-state index is 0.0254. The molecule has 1 atom stereocenters. The van der Waals surface area contributed by atoms with E-state index in [1.54, 1.807) is 30.3 Å². The maximum atomic E-state index is 11.8. The molecule has 0 aromatic heterocycles. The molecule has 2 N–H and O–H groups in total. The number of nitrogens with zero attached hydrogens (tertiary/aromatic N) is 1. The first-order chi connectivity index (χ1) is 10.7. The van der Waals surface area contributed by atoms with Gasteiger partial charge in [-0.3, -0.25) is 4.79 Å². The average Bonchev–Trinajstić information content (AvgIpc) is 2.43. The van der Waals surface area contributed by atoms with Gasteiger partial charge in [0.15, 0.2) is 0 Å². The predicted molar refractivity (Wildman–Crippen MR) is 93.7 cm³/mol. The summed E-state index contributed by atoms with van der Waals surface area (Å²) < 4.78 is 5.52. The second-order valence-electron chi connectivity index (χ2n) is 6.94. The predicted octanol–water partition coefficient (Wildman–Crippen LogP) is 2.53. The summed E-state index contributed by atoms with van der Waals surface area (Å²) >= 11 is 0. The molecule has 5 heteroatoms. The molecule has 1 amide bonds. The second kappa shape index (κ2) is 8.70. The summed E-state index contributed by atoms with van der Waals surface area (Å²) in [5.74, 6) is 0.501. The first kappa shape index (κ1) is 19.2. The number of allylic oxidation sites excluding steroid dienone is 1. The van der Waals surface area contributed by atoms with E-state index in [0.717, 1.165) is 0 Å². The summed E-state index contributed by atoms with van der Waals surface area (Å²) in [6, 6.07) is 7.09. The Labute approximate surface area is 139 Å². The van der Waals surface area contributed by atoms with E-state index in [1.165, 1.54) is 0 Å². The fraction of sp³-hybridized carbons (Fsp3) is 0.500. The first-order valence-electron chi connectivity index (χ1n) is 7.71. The number of anilines is 1. The largest absolute Gasteiger partial charge is 0.491 e. The minimum atomic E-state index is -0.535. The molecule has 1 aromatic carbocycles. The number of likely N-dealkylation sites (N-methyl/N-ethyl adjacent to an activating group) is 1. The van der Waals surface area contributed by atoms with Crippen molar-refractivity contribution in [3.63, 3.8) is 0 Å². The zero-order valence-corrected chi connectivity index (χ0v) is 14.7. The molecule has 0 aliphatic carbocycles. The number of aliphatic hydroxyl groups excluding tert-OH is 1. The summed E-state index contributed by atoms with van der Waals surface area (Å²) in [7, 11) is 3.80. The number of amides is 1. The van der Waals surface area contributed by atoms with Gasteiger partial charge < -0.3 is 20.1 Å². The SMILES string of the molecule is CN(C)CC(O)COc1ccc(NC(=O)/C=C/C(C)(C)C)cc1. The highest BCUT2D eigenvalue weighted by Gasteiger charge is 2.07. The fourth-order valence-corrected chi connectivity index (χ4v) is 1.81. The molecular weight excluding hydrogens is 292 g/mol. The van der Waals surface area contributed by atoms with Crippen LogP contribution in [0.2, 0.25) is 0 Å². The van der Waals surface area contributed by atoms with Gasteiger partial charge in [0.25, 0.3) is 0 Å². The van der Waals surface area contributed by atoms with E-state index >= 15 is 0 Å². The van der Waals surface area contributed by atoms with E-state index in [9.17, 15) is 9.90 Å². The Morgan fingerprint density at radius 2 is 1.91 bits per heavy atom. The van der Waals surface area contributed by atoms with Crippen LogP contribution >= 0.6 is 0 Å². The molecule has 0 spiro atoms. The lowest BCUT2D eigenvalue weighted by molar-refractivity contribution is -0.112. The van der Waals surface area contributed by atoms with E-state index in [-0.39, 0.29) is 17.9 Å². The van der Waals surface area contributed by atoms with Crippen LogP contribution in [0.15, 0.2) is 36.4 Å². The Morgan fingerprint density at radius 3 is 2.43 bits per heavy atom. The van der Waals surface area contributed by atoms with Crippen molar-refractivity contribution in [3.8, 4) is 5.75 Å². The molecule has 0 aliphatic heterocycles. The third-order valence-electron chi connectivity index (χ3n) is 2.87. The van der Waals surface area contributed by atoms with Gasteiger partial charge in [0.2, 0.25) is 5.91 Å². The van der Waals surface area contributed by atoms with Crippen LogP contribution < -0.4 is 10.1 Å². The molecule has 5 nitrogen and oxygen atoms in total. The van der Waals surface area contributed by atoms with Crippen LogP contribution in [-0.4, -0.2) is 49.3 Å². The summed E-state index contributed by atoms with van der Waals surface area (Å²) in [6.07, 6.45) is 2.88. The highest BCUT2D eigenvalue weighted by atomic mass is 16.5. The highest BCUT2D eigenvalue weighted by Crippen LogP contribution is 2.17. The lowest BCUT2D eigenvalue weighted by Gasteiger charge is -2.16. The molecule has 1 aromatic rings. The second-order valence-corrected chi connectivity index (χ2v) is 6.94. The topological polar surface area (TPSA) is 61.8 Å². The lowest BCUT2D eigenvalue weighted by Crippen LogP contribution is -2.30. The maximum Gasteiger partial charge on any atom is 0.248 e. The Bertz CT molecular complexity index is 516. The van der Waals surface area contributed by atoms with Crippen molar-refractivity contribution in [3.05, 3.63) is 36.4 Å². The summed E-state index contributed by atoms with van der Waals surface area (Å²) in [5, 5.41) is 12.5. The highest BCUT2D eigenvalue weighted by molar-refractivity contribution is 5.99. The van der Waals surface area contributed by atoms with Gasteiger partial charge >= 0.3 is 0 Å². The molecule has 1 rings (SSSR count). The number of ether oxygens (including phenoxy) is 1. The van der Waals surface area contributed by atoms with Crippen LogP contribution in [0, 0.1) is 5.41 Å². The van der Waals surface area contributed by atoms with Gasteiger partial charge in [-0.1, -0.05) is 26.8 Å². The first-order valence-corrected chi connectivity index (χ1v) is 7.71. The van der Waals surface area contributed by atoms with E-state index in [0.29, 0.717) is 18.0 Å².